The van der Waals surface area contributed by atoms with E-state index in [9.17, 15) is 14.4 Å². The average Bonchev–Trinajstić information content (AvgIpc) is 3.26. The van der Waals surface area contributed by atoms with Crippen LogP contribution in [0.5, 0.6) is 0 Å². The highest BCUT2D eigenvalue weighted by Crippen LogP contribution is 2.38. The number of aromatic nitrogens is 1. The molecule has 1 aromatic heterocycles. The van der Waals surface area contributed by atoms with E-state index < -0.39 is 12.1 Å². The van der Waals surface area contributed by atoms with Crippen LogP contribution < -0.4 is 10.2 Å². The van der Waals surface area contributed by atoms with Gasteiger partial charge in [0.1, 0.15) is 11.7 Å². The third-order valence-corrected chi connectivity index (χ3v) is 7.04. The summed E-state index contributed by atoms with van der Waals surface area (Å²) in [6, 6.07) is 3.69. The Morgan fingerprint density at radius 2 is 2.13 bits per heavy atom. The zero-order chi connectivity index (χ0) is 20.8. The maximum atomic E-state index is 12.7. The number of rotatable bonds is 4. The topological polar surface area (TPSA) is 91.8 Å². The Morgan fingerprint density at radius 3 is 2.83 bits per heavy atom. The summed E-state index contributed by atoms with van der Waals surface area (Å²) < 4.78 is 5.32. The van der Waals surface area contributed by atoms with Crippen LogP contribution in [0.25, 0.3) is 0 Å². The molecule has 3 heterocycles. The summed E-state index contributed by atoms with van der Waals surface area (Å²) in [5.41, 5.74) is 1.14. The predicted octanol–water partition coefficient (Wildman–Crippen LogP) is 3.48. The largest absolute Gasteiger partial charge is 0.377 e. The van der Waals surface area contributed by atoms with Crippen molar-refractivity contribution in [3.63, 3.8) is 0 Å². The average molecular weight is 447 g/mol. The number of urea groups is 1. The van der Waals surface area contributed by atoms with Gasteiger partial charge in [-0.2, -0.15) is 0 Å². The Kier molecular flexibility index (Phi) is 4.96. The minimum absolute atomic E-state index is 0.184. The van der Waals surface area contributed by atoms with Crippen LogP contribution in [0.3, 0.4) is 0 Å². The van der Waals surface area contributed by atoms with Crippen LogP contribution in [-0.4, -0.2) is 53.5 Å². The molecule has 0 spiro atoms. The lowest BCUT2D eigenvalue weighted by Crippen LogP contribution is -2.45. The van der Waals surface area contributed by atoms with E-state index in [1.54, 1.807) is 17.5 Å². The van der Waals surface area contributed by atoms with Crippen LogP contribution in [0.15, 0.2) is 23.6 Å². The number of hydrogen-bond acceptors (Lipinski definition) is 6. The number of nitrogens with one attached hydrogen (secondary N) is 1. The van der Waals surface area contributed by atoms with E-state index in [4.69, 9.17) is 16.3 Å². The molecular formula is C20H19ClN4O4S. The summed E-state index contributed by atoms with van der Waals surface area (Å²) in [5.74, 6) is -0.196. The normalized spacial score (nSPS) is 21.6. The van der Waals surface area contributed by atoms with Gasteiger partial charge in [0, 0.05) is 23.5 Å². The van der Waals surface area contributed by atoms with Gasteiger partial charge in [0.05, 0.1) is 28.9 Å². The Hall–Kier alpha value is -2.49. The molecule has 30 heavy (non-hydrogen) atoms. The number of benzene rings is 1. The van der Waals surface area contributed by atoms with Crippen molar-refractivity contribution in [3.05, 3.63) is 39.3 Å². The lowest BCUT2D eigenvalue weighted by Gasteiger charge is -2.26. The van der Waals surface area contributed by atoms with Crippen molar-refractivity contribution in [2.45, 2.75) is 31.2 Å². The standard InChI is InChI=1S/C20H19ClN4O4S/c21-13-8-12(22-17(26)14-10-30-18(23-14)11-2-1-3-11)4-5-15(13)25-19(27)16-9-29-7-6-24(16)20(25)28/h4-5,8,10-11,16H,1-3,6-7,9H2,(H,22,26). The number of anilines is 2. The molecule has 8 nitrogen and oxygen atoms in total. The highest BCUT2D eigenvalue weighted by Gasteiger charge is 2.47. The first-order chi connectivity index (χ1) is 14.5. The number of halogens is 1. The molecule has 1 N–H and O–H groups in total. The second kappa shape index (κ2) is 7.64. The van der Waals surface area contributed by atoms with Gasteiger partial charge in [-0.25, -0.2) is 14.7 Å². The summed E-state index contributed by atoms with van der Waals surface area (Å²) in [5, 5.41) is 5.75. The number of hydrogen-bond donors (Lipinski definition) is 1. The number of amides is 4. The van der Waals surface area contributed by atoms with E-state index >= 15 is 0 Å². The summed E-state index contributed by atoms with van der Waals surface area (Å²) in [6.07, 6.45) is 3.47. The molecule has 1 atom stereocenters. The zero-order valence-electron chi connectivity index (χ0n) is 16.0. The van der Waals surface area contributed by atoms with E-state index in [0.29, 0.717) is 36.1 Å². The van der Waals surface area contributed by atoms with Crippen LogP contribution in [0, 0.1) is 0 Å². The molecule has 2 aliphatic heterocycles. The van der Waals surface area contributed by atoms with E-state index in [1.807, 2.05) is 0 Å². The second-order valence-electron chi connectivity index (χ2n) is 7.56. The Morgan fingerprint density at radius 1 is 1.30 bits per heavy atom. The second-order valence-corrected chi connectivity index (χ2v) is 8.86. The molecule has 156 valence electrons. The monoisotopic (exact) mass is 446 g/mol. The van der Waals surface area contributed by atoms with Crippen molar-refractivity contribution in [1.82, 2.24) is 9.88 Å². The quantitative estimate of drug-likeness (QED) is 0.726. The van der Waals surface area contributed by atoms with Crippen LogP contribution in [0.2, 0.25) is 5.02 Å². The van der Waals surface area contributed by atoms with Gasteiger partial charge < -0.3 is 15.0 Å². The van der Waals surface area contributed by atoms with Gasteiger partial charge in [0.2, 0.25) is 0 Å². The molecule has 4 amide bonds. The first-order valence-electron chi connectivity index (χ1n) is 9.81. The Bertz CT molecular complexity index is 1010. The maximum absolute atomic E-state index is 12.7. The molecule has 0 bridgehead atoms. The SMILES string of the molecule is O=C(Nc1ccc(N2C(=O)C3COCCN3C2=O)c(Cl)c1)c1csc(C2CCC2)n1. The lowest BCUT2D eigenvalue weighted by atomic mass is 9.86. The third kappa shape index (κ3) is 3.27. The van der Waals surface area contributed by atoms with Gasteiger partial charge in [-0.15, -0.1) is 11.3 Å². The number of thiazole rings is 1. The van der Waals surface area contributed by atoms with Gasteiger partial charge in [-0.3, -0.25) is 9.59 Å². The first-order valence-corrected chi connectivity index (χ1v) is 11.1. The number of imide groups is 1. The maximum Gasteiger partial charge on any atom is 0.332 e. The van der Waals surface area contributed by atoms with Crippen molar-refractivity contribution in [2.24, 2.45) is 0 Å². The fourth-order valence-electron chi connectivity index (χ4n) is 3.83. The summed E-state index contributed by atoms with van der Waals surface area (Å²) in [6.45, 7) is 0.957. The zero-order valence-corrected chi connectivity index (χ0v) is 17.5. The van der Waals surface area contributed by atoms with Gasteiger partial charge in [0.15, 0.2) is 0 Å². The number of carbonyl (C=O) groups excluding carboxylic acids is 3. The van der Waals surface area contributed by atoms with Crippen molar-refractivity contribution < 1.29 is 19.1 Å². The molecule has 0 radical (unpaired) electrons. The van der Waals surface area contributed by atoms with Gasteiger partial charge in [0.25, 0.3) is 11.8 Å². The number of nitrogens with zero attached hydrogens (tertiary/aromatic N) is 3. The minimum atomic E-state index is -0.615. The van der Waals surface area contributed by atoms with E-state index in [2.05, 4.69) is 10.3 Å². The van der Waals surface area contributed by atoms with Crippen molar-refractivity contribution in [2.75, 3.05) is 30.0 Å². The highest BCUT2D eigenvalue weighted by atomic mass is 35.5. The first kappa shape index (κ1) is 19.5. The number of ether oxygens (including phenoxy) is 1. The molecule has 2 saturated heterocycles. The summed E-state index contributed by atoms with van der Waals surface area (Å²) in [4.78, 5) is 44.9. The number of morpholine rings is 1. The molecule has 10 heteroatoms. The molecule has 1 aliphatic carbocycles. The summed E-state index contributed by atoms with van der Waals surface area (Å²) >= 11 is 7.89. The highest BCUT2D eigenvalue weighted by molar-refractivity contribution is 7.10. The van der Waals surface area contributed by atoms with Crippen LogP contribution in [-0.2, 0) is 9.53 Å². The molecule has 1 saturated carbocycles. The molecule has 2 aromatic rings. The van der Waals surface area contributed by atoms with E-state index in [-0.39, 0.29) is 23.4 Å². The molecule has 5 rings (SSSR count). The van der Waals surface area contributed by atoms with Crippen LogP contribution in [0.1, 0.15) is 40.7 Å². The Balaban J connectivity index is 1.32. The Labute approximate surface area is 181 Å². The number of carbonyl (C=O) groups is 3. The van der Waals surface area contributed by atoms with Gasteiger partial charge in [-0.1, -0.05) is 18.0 Å². The third-order valence-electron chi connectivity index (χ3n) is 5.73. The van der Waals surface area contributed by atoms with E-state index in [0.717, 1.165) is 22.7 Å². The molecule has 3 aliphatic rings. The fraction of sp³-hybridized carbons (Fsp3) is 0.400. The summed E-state index contributed by atoms with van der Waals surface area (Å²) in [7, 11) is 0. The number of fused-ring (bicyclic) bond motifs is 1. The van der Waals surface area contributed by atoms with Gasteiger partial charge in [-0.05, 0) is 31.0 Å². The van der Waals surface area contributed by atoms with Crippen LogP contribution in [0.4, 0.5) is 16.2 Å². The van der Waals surface area contributed by atoms with Gasteiger partial charge >= 0.3 is 6.03 Å². The van der Waals surface area contributed by atoms with E-state index in [1.165, 1.54) is 28.7 Å². The molecular weight excluding hydrogens is 428 g/mol. The van der Waals surface area contributed by atoms with Crippen molar-refractivity contribution in [1.29, 1.82) is 0 Å². The van der Waals surface area contributed by atoms with Crippen molar-refractivity contribution >= 4 is 52.2 Å². The molecule has 3 fully saturated rings. The fourth-order valence-corrected chi connectivity index (χ4v) is 5.06. The lowest BCUT2D eigenvalue weighted by molar-refractivity contribution is -0.123. The minimum Gasteiger partial charge on any atom is -0.377 e. The molecule has 1 aromatic carbocycles. The molecule has 1 unspecified atom stereocenters. The smallest absolute Gasteiger partial charge is 0.332 e. The van der Waals surface area contributed by atoms with Crippen LogP contribution >= 0.6 is 22.9 Å². The van der Waals surface area contributed by atoms with Crippen molar-refractivity contribution in [3.8, 4) is 0 Å². The predicted molar refractivity (Wildman–Crippen MR) is 112 cm³/mol.